The molecule has 3 rings (SSSR count). The van der Waals surface area contributed by atoms with Gasteiger partial charge < -0.3 is 9.84 Å². The van der Waals surface area contributed by atoms with Crippen LogP contribution in [-0.2, 0) is 0 Å². The third kappa shape index (κ3) is 3.55. The van der Waals surface area contributed by atoms with E-state index in [2.05, 4.69) is 37.6 Å². The van der Waals surface area contributed by atoms with Gasteiger partial charge >= 0.3 is 11.3 Å². The van der Waals surface area contributed by atoms with Crippen molar-refractivity contribution in [2.75, 3.05) is 5.32 Å². The van der Waals surface area contributed by atoms with Gasteiger partial charge in [-0.1, -0.05) is 0 Å². The van der Waals surface area contributed by atoms with Crippen molar-refractivity contribution in [3.63, 3.8) is 0 Å². The van der Waals surface area contributed by atoms with E-state index >= 15 is 0 Å². The molecule has 0 amide bonds. The van der Waals surface area contributed by atoms with Crippen molar-refractivity contribution in [1.29, 1.82) is 0 Å². The number of halogens is 2. The maximum atomic E-state index is 14.1. The van der Waals surface area contributed by atoms with Crippen LogP contribution in [0.2, 0.25) is 0 Å². The van der Waals surface area contributed by atoms with Crippen molar-refractivity contribution in [2.24, 2.45) is 0 Å². The molecule has 0 fully saturated rings. The Kier molecular flexibility index (Phi) is 4.57. The standard InChI is InChI=1S/C16H11FIN3O4/c1-8-4-9(18)2-3-12(8)19-13-6-11(17)15(21(23)24)5-10(13)14-7-16(22)25-20-14/h2-7,19-20H,1H3. The lowest BCUT2D eigenvalue weighted by Gasteiger charge is -2.13. The summed E-state index contributed by atoms with van der Waals surface area (Å²) in [5.41, 5.74) is 1.01. The fraction of sp³-hybridized carbons (Fsp3) is 0.0625. The zero-order chi connectivity index (χ0) is 18.1. The van der Waals surface area contributed by atoms with E-state index in [9.17, 15) is 19.3 Å². The maximum Gasteiger partial charge on any atom is 0.357 e. The summed E-state index contributed by atoms with van der Waals surface area (Å²) in [6.07, 6.45) is 0. The molecule has 2 N–H and O–H groups in total. The lowest BCUT2D eigenvalue weighted by atomic mass is 10.1. The van der Waals surface area contributed by atoms with Gasteiger partial charge in [-0.15, -0.1) is 0 Å². The Morgan fingerprint density at radius 2 is 2.00 bits per heavy atom. The molecule has 0 saturated carbocycles. The molecular formula is C16H11FIN3O4. The van der Waals surface area contributed by atoms with E-state index in [-0.39, 0.29) is 16.9 Å². The number of aryl methyl sites for hydroxylation is 1. The van der Waals surface area contributed by atoms with E-state index in [1.165, 1.54) is 0 Å². The Balaban J connectivity index is 2.15. The Morgan fingerprint density at radius 1 is 1.24 bits per heavy atom. The third-order valence-corrected chi connectivity index (χ3v) is 4.23. The van der Waals surface area contributed by atoms with E-state index in [0.717, 1.165) is 27.3 Å². The summed E-state index contributed by atoms with van der Waals surface area (Å²) in [4.78, 5) is 21.5. The highest BCUT2D eigenvalue weighted by molar-refractivity contribution is 14.1. The lowest BCUT2D eigenvalue weighted by Crippen LogP contribution is -2.00. The van der Waals surface area contributed by atoms with Crippen LogP contribution >= 0.6 is 22.6 Å². The number of H-pyrrole nitrogens is 1. The van der Waals surface area contributed by atoms with Crippen LogP contribution in [0.25, 0.3) is 11.3 Å². The zero-order valence-corrected chi connectivity index (χ0v) is 15.0. The molecule has 9 heteroatoms. The molecule has 0 spiro atoms. The Morgan fingerprint density at radius 3 is 2.60 bits per heavy atom. The number of rotatable bonds is 4. The first-order valence-electron chi connectivity index (χ1n) is 7.05. The highest BCUT2D eigenvalue weighted by atomic mass is 127. The predicted octanol–water partition coefficient (Wildman–Crippen LogP) is 4.34. The largest absolute Gasteiger partial charge is 0.357 e. The molecule has 25 heavy (non-hydrogen) atoms. The van der Waals surface area contributed by atoms with Gasteiger partial charge in [-0.3, -0.25) is 10.1 Å². The molecule has 0 unspecified atom stereocenters. The van der Waals surface area contributed by atoms with Crippen LogP contribution in [-0.4, -0.2) is 10.1 Å². The number of aromatic nitrogens is 1. The van der Waals surface area contributed by atoms with Gasteiger partial charge in [-0.05, 0) is 53.3 Å². The second-order valence-corrected chi connectivity index (χ2v) is 6.52. The second kappa shape index (κ2) is 6.67. The average Bonchev–Trinajstić information content (AvgIpc) is 2.96. The van der Waals surface area contributed by atoms with E-state index in [1.807, 2.05) is 25.1 Å². The molecule has 0 saturated heterocycles. The van der Waals surface area contributed by atoms with Gasteiger partial charge in [0.15, 0.2) is 0 Å². The number of hydrogen-bond donors (Lipinski definition) is 2. The van der Waals surface area contributed by atoms with Crippen molar-refractivity contribution in [1.82, 2.24) is 5.16 Å². The topological polar surface area (TPSA) is 101 Å². The molecule has 1 aromatic heterocycles. The maximum absolute atomic E-state index is 14.1. The summed E-state index contributed by atoms with van der Waals surface area (Å²) < 4.78 is 19.7. The number of hydrogen-bond acceptors (Lipinski definition) is 5. The Bertz CT molecular complexity index is 1030. The minimum absolute atomic E-state index is 0.207. The average molecular weight is 455 g/mol. The summed E-state index contributed by atoms with van der Waals surface area (Å²) in [5, 5.41) is 16.5. The molecule has 0 aliphatic carbocycles. The molecular weight excluding hydrogens is 444 g/mol. The van der Waals surface area contributed by atoms with Crippen LogP contribution in [0.5, 0.6) is 0 Å². The number of nitrogens with zero attached hydrogens (tertiary/aromatic N) is 1. The number of nitro benzene ring substituents is 1. The minimum atomic E-state index is -0.981. The van der Waals surface area contributed by atoms with Crippen molar-refractivity contribution in [2.45, 2.75) is 6.92 Å². The summed E-state index contributed by atoms with van der Waals surface area (Å²) in [6.45, 7) is 1.88. The van der Waals surface area contributed by atoms with Gasteiger partial charge in [-0.25, -0.2) is 9.95 Å². The SMILES string of the molecule is Cc1cc(I)ccc1Nc1cc(F)c([N+](=O)[O-])cc1-c1cc(=O)o[nH]1. The zero-order valence-electron chi connectivity index (χ0n) is 12.8. The summed E-state index contributed by atoms with van der Waals surface area (Å²) in [6, 6.07) is 8.85. The third-order valence-electron chi connectivity index (χ3n) is 3.56. The van der Waals surface area contributed by atoms with Crippen LogP contribution in [0.1, 0.15) is 5.56 Å². The Hall–Kier alpha value is -2.69. The van der Waals surface area contributed by atoms with Crippen LogP contribution < -0.4 is 10.9 Å². The quantitative estimate of drug-likeness (QED) is 0.347. The normalized spacial score (nSPS) is 10.7. The molecule has 2 aromatic carbocycles. The molecule has 1 heterocycles. The smallest absolute Gasteiger partial charge is 0.355 e. The van der Waals surface area contributed by atoms with Gasteiger partial charge in [0.05, 0.1) is 22.4 Å². The predicted molar refractivity (Wildman–Crippen MR) is 98.6 cm³/mol. The monoisotopic (exact) mass is 455 g/mol. The molecule has 0 aliphatic heterocycles. The van der Waals surface area contributed by atoms with Crippen molar-refractivity contribution < 1.29 is 13.8 Å². The van der Waals surface area contributed by atoms with Crippen molar-refractivity contribution in [3.8, 4) is 11.3 Å². The van der Waals surface area contributed by atoms with Crippen molar-refractivity contribution in [3.05, 3.63) is 71.9 Å². The number of nitrogens with one attached hydrogen (secondary N) is 2. The van der Waals surface area contributed by atoms with Gasteiger partial charge in [0.25, 0.3) is 0 Å². The highest BCUT2D eigenvalue weighted by Gasteiger charge is 2.21. The number of benzene rings is 2. The summed E-state index contributed by atoms with van der Waals surface area (Å²) in [7, 11) is 0. The first-order valence-corrected chi connectivity index (χ1v) is 8.13. The van der Waals surface area contributed by atoms with Gasteiger partial charge in [-0.2, -0.15) is 4.39 Å². The van der Waals surface area contributed by atoms with Gasteiger partial charge in [0.1, 0.15) is 0 Å². The number of aromatic amines is 1. The fourth-order valence-electron chi connectivity index (χ4n) is 2.36. The molecule has 128 valence electrons. The molecule has 0 atom stereocenters. The minimum Gasteiger partial charge on any atom is -0.355 e. The van der Waals surface area contributed by atoms with E-state index < -0.39 is 22.1 Å². The van der Waals surface area contributed by atoms with Gasteiger partial charge in [0.2, 0.25) is 5.82 Å². The Labute approximate surface area is 154 Å². The lowest BCUT2D eigenvalue weighted by molar-refractivity contribution is -0.387. The summed E-state index contributed by atoms with van der Waals surface area (Å²) in [5.74, 6) is -0.981. The first kappa shape index (κ1) is 17.1. The number of anilines is 2. The summed E-state index contributed by atoms with van der Waals surface area (Å²) >= 11 is 2.17. The van der Waals surface area contributed by atoms with Crippen molar-refractivity contribution >= 4 is 39.7 Å². The van der Waals surface area contributed by atoms with Crippen LogP contribution in [0.4, 0.5) is 21.5 Å². The molecule has 3 aromatic rings. The van der Waals surface area contributed by atoms with Gasteiger partial charge in [0, 0.05) is 27.0 Å². The first-order chi connectivity index (χ1) is 11.8. The van der Waals surface area contributed by atoms with E-state index in [4.69, 9.17) is 0 Å². The van der Waals surface area contributed by atoms with Crippen LogP contribution in [0, 0.1) is 26.4 Å². The van der Waals surface area contributed by atoms with E-state index in [1.54, 1.807) is 0 Å². The molecule has 0 bridgehead atoms. The molecule has 7 nitrogen and oxygen atoms in total. The fourth-order valence-corrected chi connectivity index (χ4v) is 3.00. The second-order valence-electron chi connectivity index (χ2n) is 5.27. The van der Waals surface area contributed by atoms with Crippen LogP contribution in [0.3, 0.4) is 0 Å². The molecule has 0 aliphatic rings. The number of nitro groups is 1. The van der Waals surface area contributed by atoms with Crippen LogP contribution in [0.15, 0.2) is 45.7 Å². The molecule has 0 radical (unpaired) electrons. The van der Waals surface area contributed by atoms with E-state index in [0.29, 0.717) is 5.69 Å². The highest BCUT2D eigenvalue weighted by Crippen LogP contribution is 2.35.